The van der Waals surface area contributed by atoms with Gasteiger partial charge in [-0.15, -0.1) is 0 Å². The number of imide groups is 1. The molecule has 146 valence electrons. The topological polar surface area (TPSA) is 101 Å². The number of amides is 3. The first-order chi connectivity index (χ1) is 13.8. The molecule has 2 heterocycles. The number of benzene rings is 2. The lowest BCUT2D eigenvalue weighted by Crippen LogP contribution is -2.30. The Morgan fingerprint density at radius 3 is 2.55 bits per heavy atom. The molecule has 3 aromatic rings. The lowest BCUT2D eigenvalue weighted by Gasteiger charge is -2.11. The number of nitrogens with one attached hydrogen (secondary N) is 1. The van der Waals surface area contributed by atoms with E-state index in [1.54, 1.807) is 6.92 Å². The number of anilines is 1. The van der Waals surface area contributed by atoms with E-state index in [0.29, 0.717) is 17.0 Å². The molecule has 1 aliphatic heterocycles. The number of halogens is 1. The molecule has 1 aromatic heterocycles. The van der Waals surface area contributed by atoms with Crippen molar-refractivity contribution in [1.82, 2.24) is 14.5 Å². The molecule has 8 nitrogen and oxygen atoms in total. The van der Waals surface area contributed by atoms with Gasteiger partial charge < -0.3 is 5.32 Å². The molecule has 3 amide bonds. The minimum atomic E-state index is -0.571. The Morgan fingerprint density at radius 1 is 1.07 bits per heavy atom. The summed E-state index contributed by atoms with van der Waals surface area (Å²) < 4.78 is 14.6. The first kappa shape index (κ1) is 18.5. The SMILES string of the molecule is Cc1nc2ccc(F)cc2c(=O)n1CC(=O)Nc1ccc2c(c1)C(=O)N(C)C2=O. The summed E-state index contributed by atoms with van der Waals surface area (Å²) in [6.07, 6.45) is 0. The van der Waals surface area contributed by atoms with E-state index >= 15 is 0 Å². The van der Waals surface area contributed by atoms with Crippen molar-refractivity contribution in [1.29, 1.82) is 0 Å². The van der Waals surface area contributed by atoms with Crippen molar-refractivity contribution in [3.8, 4) is 0 Å². The fraction of sp³-hybridized carbons (Fsp3) is 0.150. The van der Waals surface area contributed by atoms with Gasteiger partial charge in [-0.2, -0.15) is 0 Å². The van der Waals surface area contributed by atoms with E-state index in [4.69, 9.17) is 0 Å². The number of carbonyl (C=O) groups is 3. The molecule has 0 unspecified atom stereocenters. The number of fused-ring (bicyclic) bond motifs is 2. The highest BCUT2D eigenvalue weighted by Gasteiger charge is 2.32. The Morgan fingerprint density at radius 2 is 1.79 bits per heavy atom. The number of carbonyl (C=O) groups excluding carboxylic acids is 3. The Kier molecular flexibility index (Phi) is 4.22. The summed E-state index contributed by atoms with van der Waals surface area (Å²) in [5.74, 6) is -1.65. The maximum Gasteiger partial charge on any atom is 0.261 e. The van der Waals surface area contributed by atoms with Crippen molar-refractivity contribution < 1.29 is 18.8 Å². The second-order valence-corrected chi connectivity index (χ2v) is 6.69. The van der Waals surface area contributed by atoms with Crippen LogP contribution < -0.4 is 10.9 Å². The number of aromatic nitrogens is 2. The zero-order valence-corrected chi connectivity index (χ0v) is 15.5. The zero-order valence-electron chi connectivity index (χ0n) is 15.5. The van der Waals surface area contributed by atoms with Crippen LogP contribution in [0.1, 0.15) is 26.5 Å². The Hall–Kier alpha value is -3.88. The van der Waals surface area contributed by atoms with Gasteiger partial charge in [0.2, 0.25) is 5.91 Å². The van der Waals surface area contributed by atoms with E-state index in [1.165, 1.54) is 37.4 Å². The lowest BCUT2D eigenvalue weighted by atomic mass is 10.1. The first-order valence-electron chi connectivity index (χ1n) is 8.69. The van der Waals surface area contributed by atoms with Crippen molar-refractivity contribution in [2.45, 2.75) is 13.5 Å². The third-order valence-corrected chi connectivity index (χ3v) is 4.78. The molecule has 0 fully saturated rings. The molecule has 0 saturated carbocycles. The van der Waals surface area contributed by atoms with E-state index in [9.17, 15) is 23.6 Å². The quantitative estimate of drug-likeness (QED) is 0.682. The molecule has 0 atom stereocenters. The van der Waals surface area contributed by atoms with Gasteiger partial charge in [0.1, 0.15) is 18.2 Å². The molecule has 2 aromatic carbocycles. The van der Waals surface area contributed by atoms with Gasteiger partial charge in [-0.1, -0.05) is 0 Å². The van der Waals surface area contributed by atoms with Crippen LogP contribution in [0.4, 0.5) is 10.1 Å². The first-order valence-corrected chi connectivity index (χ1v) is 8.69. The summed E-state index contributed by atoms with van der Waals surface area (Å²) in [5.41, 5.74) is 0.598. The van der Waals surface area contributed by atoms with Gasteiger partial charge in [-0.25, -0.2) is 9.37 Å². The summed E-state index contributed by atoms with van der Waals surface area (Å²) >= 11 is 0. The van der Waals surface area contributed by atoms with Crippen LogP contribution in [0, 0.1) is 12.7 Å². The molecule has 0 saturated heterocycles. The van der Waals surface area contributed by atoms with Crippen LogP contribution in [0.15, 0.2) is 41.2 Å². The van der Waals surface area contributed by atoms with Gasteiger partial charge in [0.05, 0.1) is 22.0 Å². The standard InChI is InChI=1S/C20H15FN4O4/c1-10-22-16-6-3-11(21)7-15(16)20(29)25(10)9-17(26)23-12-4-5-13-14(8-12)19(28)24(2)18(13)27/h3-8H,9H2,1-2H3,(H,23,26). The molecule has 0 spiro atoms. The van der Waals surface area contributed by atoms with Crippen LogP contribution in [0.3, 0.4) is 0 Å². The van der Waals surface area contributed by atoms with Crippen LogP contribution in [0.5, 0.6) is 0 Å². The molecule has 1 aliphatic rings. The fourth-order valence-electron chi connectivity index (χ4n) is 3.27. The van der Waals surface area contributed by atoms with Crippen LogP contribution in [0.2, 0.25) is 0 Å². The Balaban J connectivity index is 1.61. The maximum absolute atomic E-state index is 13.5. The van der Waals surface area contributed by atoms with Gasteiger partial charge in [-0.05, 0) is 43.3 Å². The summed E-state index contributed by atoms with van der Waals surface area (Å²) in [6.45, 7) is 1.24. The number of aryl methyl sites for hydroxylation is 1. The highest BCUT2D eigenvalue weighted by Crippen LogP contribution is 2.24. The third-order valence-electron chi connectivity index (χ3n) is 4.78. The monoisotopic (exact) mass is 394 g/mol. The molecule has 0 radical (unpaired) electrons. The van der Waals surface area contributed by atoms with Crippen LogP contribution in [-0.4, -0.2) is 39.2 Å². The molecule has 0 aliphatic carbocycles. The van der Waals surface area contributed by atoms with E-state index in [2.05, 4.69) is 10.3 Å². The average Bonchev–Trinajstić information content (AvgIpc) is 2.90. The van der Waals surface area contributed by atoms with Crippen molar-refractivity contribution in [2.24, 2.45) is 0 Å². The highest BCUT2D eigenvalue weighted by atomic mass is 19.1. The number of hydrogen-bond donors (Lipinski definition) is 1. The molecule has 9 heteroatoms. The smallest absolute Gasteiger partial charge is 0.261 e. The highest BCUT2D eigenvalue weighted by molar-refractivity contribution is 6.21. The Labute approximate surface area is 163 Å². The molecular weight excluding hydrogens is 379 g/mol. The summed E-state index contributed by atoms with van der Waals surface area (Å²) in [6, 6.07) is 8.09. The largest absolute Gasteiger partial charge is 0.325 e. The van der Waals surface area contributed by atoms with Gasteiger partial charge in [0.15, 0.2) is 0 Å². The summed E-state index contributed by atoms with van der Waals surface area (Å²) in [7, 11) is 1.38. The van der Waals surface area contributed by atoms with Crippen LogP contribution in [0.25, 0.3) is 10.9 Å². The summed E-state index contributed by atoms with van der Waals surface area (Å²) in [5, 5.41) is 2.68. The van der Waals surface area contributed by atoms with Crippen LogP contribution in [-0.2, 0) is 11.3 Å². The van der Waals surface area contributed by atoms with E-state index < -0.39 is 29.1 Å². The van der Waals surface area contributed by atoms with E-state index in [1.807, 2.05) is 0 Å². The second-order valence-electron chi connectivity index (χ2n) is 6.69. The van der Waals surface area contributed by atoms with Gasteiger partial charge in [-0.3, -0.25) is 28.6 Å². The van der Waals surface area contributed by atoms with Crippen molar-refractivity contribution >= 4 is 34.3 Å². The van der Waals surface area contributed by atoms with E-state index in [0.717, 1.165) is 15.5 Å². The van der Waals surface area contributed by atoms with Gasteiger partial charge in [0, 0.05) is 12.7 Å². The molecule has 1 N–H and O–H groups in total. The predicted octanol–water partition coefficient (Wildman–Crippen LogP) is 1.71. The normalized spacial score (nSPS) is 13.1. The van der Waals surface area contributed by atoms with Crippen molar-refractivity contribution in [2.75, 3.05) is 12.4 Å². The number of nitrogens with zero attached hydrogens (tertiary/aromatic N) is 3. The number of rotatable bonds is 3. The van der Waals surface area contributed by atoms with E-state index in [-0.39, 0.29) is 23.1 Å². The molecular formula is C20H15FN4O4. The summed E-state index contributed by atoms with van der Waals surface area (Å²) in [4.78, 5) is 54.4. The molecule has 4 rings (SSSR count). The van der Waals surface area contributed by atoms with Crippen molar-refractivity contribution in [3.63, 3.8) is 0 Å². The molecule has 0 bridgehead atoms. The number of hydrogen-bond acceptors (Lipinski definition) is 5. The Bertz CT molecular complexity index is 1280. The van der Waals surface area contributed by atoms with Gasteiger partial charge in [0.25, 0.3) is 17.4 Å². The van der Waals surface area contributed by atoms with Crippen molar-refractivity contribution in [3.05, 3.63) is 69.5 Å². The fourth-order valence-corrected chi connectivity index (χ4v) is 3.27. The average molecular weight is 394 g/mol. The molecule has 29 heavy (non-hydrogen) atoms. The zero-order chi connectivity index (χ0) is 20.9. The minimum Gasteiger partial charge on any atom is -0.325 e. The predicted molar refractivity (Wildman–Crippen MR) is 102 cm³/mol. The maximum atomic E-state index is 13.5. The minimum absolute atomic E-state index is 0.0769. The second kappa shape index (κ2) is 6.62. The lowest BCUT2D eigenvalue weighted by molar-refractivity contribution is -0.116. The third kappa shape index (κ3) is 3.06. The van der Waals surface area contributed by atoms with Crippen LogP contribution >= 0.6 is 0 Å². The van der Waals surface area contributed by atoms with Gasteiger partial charge >= 0.3 is 0 Å².